The van der Waals surface area contributed by atoms with Crippen LogP contribution in [0.25, 0.3) is 0 Å². The fourth-order valence-electron chi connectivity index (χ4n) is 2.83. The average Bonchev–Trinajstić information content (AvgIpc) is 2.28. The standard InChI is InChI=1S/C14H28N2O.ClH/c1-11(2)8-13-6-5-7-16(10-13)14(17)12(3)9-15-4;/h11-13,15H,5-10H2,1-4H3;1H. The molecule has 0 aromatic heterocycles. The zero-order valence-corrected chi connectivity index (χ0v) is 13.1. The van der Waals surface area contributed by atoms with Crippen molar-refractivity contribution in [3.8, 4) is 0 Å². The number of carbonyl (C=O) groups is 1. The highest BCUT2D eigenvalue weighted by Gasteiger charge is 2.26. The number of hydrogen-bond donors (Lipinski definition) is 1. The maximum atomic E-state index is 12.2. The number of nitrogens with one attached hydrogen (secondary N) is 1. The first-order valence-electron chi connectivity index (χ1n) is 6.98. The van der Waals surface area contributed by atoms with Crippen LogP contribution in [0.5, 0.6) is 0 Å². The molecule has 18 heavy (non-hydrogen) atoms. The van der Waals surface area contributed by atoms with Crippen LogP contribution in [0.4, 0.5) is 0 Å². The van der Waals surface area contributed by atoms with Crippen molar-refractivity contribution in [1.82, 2.24) is 10.2 Å². The Labute approximate surface area is 118 Å². The Bertz CT molecular complexity index is 246. The molecule has 0 bridgehead atoms. The minimum atomic E-state index is 0. The van der Waals surface area contributed by atoms with Gasteiger partial charge >= 0.3 is 0 Å². The monoisotopic (exact) mass is 276 g/mol. The smallest absolute Gasteiger partial charge is 0.226 e. The number of rotatable bonds is 5. The van der Waals surface area contributed by atoms with Crippen LogP contribution in [-0.2, 0) is 4.79 Å². The van der Waals surface area contributed by atoms with Gasteiger partial charge < -0.3 is 10.2 Å². The molecule has 2 unspecified atom stereocenters. The minimum Gasteiger partial charge on any atom is -0.342 e. The number of hydrogen-bond acceptors (Lipinski definition) is 2. The molecule has 108 valence electrons. The Balaban J connectivity index is 0.00000289. The predicted octanol–water partition coefficient (Wildman–Crippen LogP) is 2.55. The molecule has 1 fully saturated rings. The lowest BCUT2D eigenvalue weighted by Crippen LogP contribution is -2.44. The zero-order chi connectivity index (χ0) is 12.8. The van der Waals surface area contributed by atoms with E-state index in [1.807, 2.05) is 14.0 Å². The molecule has 1 rings (SSSR count). The second-order valence-corrected chi connectivity index (χ2v) is 5.88. The lowest BCUT2D eigenvalue weighted by Gasteiger charge is -2.35. The molecule has 1 N–H and O–H groups in total. The van der Waals surface area contributed by atoms with E-state index in [0.29, 0.717) is 5.91 Å². The van der Waals surface area contributed by atoms with E-state index in [4.69, 9.17) is 0 Å². The predicted molar refractivity (Wildman–Crippen MR) is 79.1 cm³/mol. The maximum absolute atomic E-state index is 12.2. The van der Waals surface area contributed by atoms with Crippen LogP contribution in [0, 0.1) is 17.8 Å². The van der Waals surface area contributed by atoms with Crippen LogP contribution >= 0.6 is 12.4 Å². The average molecular weight is 277 g/mol. The van der Waals surface area contributed by atoms with E-state index in [-0.39, 0.29) is 18.3 Å². The van der Waals surface area contributed by atoms with Gasteiger partial charge in [-0.25, -0.2) is 0 Å². The lowest BCUT2D eigenvalue weighted by molar-refractivity contribution is -0.136. The largest absolute Gasteiger partial charge is 0.342 e. The van der Waals surface area contributed by atoms with Crippen molar-refractivity contribution in [3.63, 3.8) is 0 Å². The summed E-state index contributed by atoms with van der Waals surface area (Å²) in [6.45, 7) is 9.27. The molecule has 2 atom stereocenters. The van der Waals surface area contributed by atoms with Crippen LogP contribution in [0.1, 0.15) is 40.0 Å². The Morgan fingerprint density at radius 2 is 2.06 bits per heavy atom. The number of halogens is 1. The topological polar surface area (TPSA) is 32.3 Å². The van der Waals surface area contributed by atoms with Crippen molar-refractivity contribution in [2.75, 3.05) is 26.7 Å². The van der Waals surface area contributed by atoms with E-state index in [2.05, 4.69) is 24.1 Å². The van der Waals surface area contributed by atoms with Gasteiger partial charge in [0.05, 0.1) is 0 Å². The fraction of sp³-hybridized carbons (Fsp3) is 0.929. The molecule has 0 radical (unpaired) electrons. The molecule has 0 saturated carbocycles. The highest BCUT2D eigenvalue weighted by molar-refractivity contribution is 5.85. The summed E-state index contributed by atoms with van der Waals surface area (Å²) in [5, 5.41) is 3.08. The number of nitrogens with zero attached hydrogens (tertiary/aromatic N) is 1. The van der Waals surface area contributed by atoms with Crippen molar-refractivity contribution >= 4 is 18.3 Å². The molecule has 1 saturated heterocycles. The molecular formula is C14H29ClN2O. The van der Waals surface area contributed by atoms with Crippen molar-refractivity contribution < 1.29 is 4.79 Å². The highest BCUT2D eigenvalue weighted by atomic mass is 35.5. The van der Waals surface area contributed by atoms with Crippen LogP contribution in [-0.4, -0.2) is 37.5 Å². The SMILES string of the molecule is CNCC(C)C(=O)N1CCCC(CC(C)C)C1.Cl. The number of piperidine rings is 1. The van der Waals surface area contributed by atoms with Crippen LogP contribution < -0.4 is 5.32 Å². The van der Waals surface area contributed by atoms with Gasteiger partial charge in [-0.3, -0.25) is 4.79 Å². The van der Waals surface area contributed by atoms with Gasteiger partial charge in [0.15, 0.2) is 0 Å². The third-order valence-electron chi connectivity index (χ3n) is 3.57. The van der Waals surface area contributed by atoms with E-state index in [9.17, 15) is 4.79 Å². The number of amides is 1. The summed E-state index contributed by atoms with van der Waals surface area (Å²) in [4.78, 5) is 14.3. The summed E-state index contributed by atoms with van der Waals surface area (Å²) >= 11 is 0. The van der Waals surface area contributed by atoms with Gasteiger partial charge in [-0.05, 0) is 38.1 Å². The van der Waals surface area contributed by atoms with E-state index >= 15 is 0 Å². The van der Waals surface area contributed by atoms with Gasteiger partial charge in [-0.15, -0.1) is 12.4 Å². The first-order valence-corrected chi connectivity index (χ1v) is 6.98. The van der Waals surface area contributed by atoms with Crippen LogP contribution in [0.15, 0.2) is 0 Å². The molecular weight excluding hydrogens is 248 g/mol. The fourth-order valence-corrected chi connectivity index (χ4v) is 2.83. The summed E-state index contributed by atoms with van der Waals surface area (Å²) in [6.07, 6.45) is 3.72. The maximum Gasteiger partial charge on any atom is 0.226 e. The summed E-state index contributed by atoms with van der Waals surface area (Å²) in [5.74, 6) is 1.89. The molecule has 4 heteroatoms. The Kier molecular flexibility index (Phi) is 8.62. The van der Waals surface area contributed by atoms with Crippen molar-refractivity contribution in [2.24, 2.45) is 17.8 Å². The quantitative estimate of drug-likeness (QED) is 0.837. The highest BCUT2D eigenvalue weighted by Crippen LogP contribution is 2.24. The van der Waals surface area contributed by atoms with Crippen molar-refractivity contribution in [1.29, 1.82) is 0 Å². The van der Waals surface area contributed by atoms with Gasteiger partial charge in [0, 0.05) is 25.6 Å². The Morgan fingerprint density at radius 1 is 1.39 bits per heavy atom. The lowest BCUT2D eigenvalue weighted by atomic mass is 9.89. The summed E-state index contributed by atoms with van der Waals surface area (Å²) in [6, 6.07) is 0. The van der Waals surface area contributed by atoms with E-state index < -0.39 is 0 Å². The van der Waals surface area contributed by atoms with Crippen LogP contribution in [0.3, 0.4) is 0 Å². The van der Waals surface area contributed by atoms with Gasteiger partial charge in [0.1, 0.15) is 0 Å². The van der Waals surface area contributed by atoms with E-state index in [1.165, 1.54) is 19.3 Å². The molecule has 1 amide bonds. The normalized spacial score (nSPS) is 21.6. The van der Waals surface area contributed by atoms with Crippen molar-refractivity contribution in [3.05, 3.63) is 0 Å². The molecule has 0 aromatic carbocycles. The Hall–Kier alpha value is -0.280. The molecule has 1 aliphatic heterocycles. The van der Waals surface area contributed by atoms with Gasteiger partial charge in [0.2, 0.25) is 5.91 Å². The summed E-state index contributed by atoms with van der Waals surface area (Å²) in [7, 11) is 1.90. The first-order chi connectivity index (χ1) is 8.04. The third-order valence-corrected chi connectivity index (χ3v) is 3.57. The van der Waals surface area contributed by atoms with E-state index in [0.717, 1.165) is 31.5 Å². The second-order valence-electron chi connectivity index (χ2n) is 5.88. The minimum absolute atomic E-state index is 0. The molecule has 0 aliphatic carbocycles. The molecule has 0 spiro atoms. The van der Waals surface area contributed by atoms with Gasteiger partial charge in [0.25, 0.3) is 0 Å². The molecule has 1 aliphatic rings. The van der Waals surface area contributed by atoms with Crippen molar-refractivity contribution in [2.45, 2.75) is 40.0 Å². The van der Waals surface area contributed by atoms with E-state index in [1.54, 1.807) is 0 Å². The Morgan fingerprint density at radius 3 is 2.61 bits per heavy atom. The number of carbonyl (C=O) groups excluding carboxylic acids is 1. The second kappa shape index (κ2) is 8.76. The summed E-state index contributed by atoms with van der Waals surface area (Å²) in [5.41, 5.74) is 0. The first kappa shape index (κ1) is 17.7. The molecule has 1 heterocycles. The zero-order valence-electron chi connectivity index (χ0n) is 12.2. The van der Waals surface area contributed by atoms with Gasteiger partial charge in [-0.1, -0.05) is 20.8 Å². The third kappa shape index (κ3) is 5.57. The van der Waals surface area contributed by atoms with Crippen LogP contribution in [0.2, 0.25) is 0 Å². The number of likely N-dealkylation sites (tertiary alicyclic amines) is 1. The molecule has 3 nitrogen and oxygen atoms in total. The summed E-state index contributed by atoms with van der Waals surface area (Å²) < 4.78 is 0. The molecule has 0 aromatic rings. The van der Waals surface area contributed by atoms with Gasteiger partial charge in [-0.2, -0.15) is 0 Å².